The van der Waals surface area contributed by atoms with Gasteiger partial charge in [-0.05, 0) is 28.9 Å². The van der Waals surface area contributed by atoms with E-state index in [9.17, 15) is 0 Å². The fourth-order valence-corrected chi connectivity index (χ4v) is 3.11. The molecule has 1 N–H and O–H groups in total. The highest BCUT2D eigenvalue weighted by molar-refractivity contribution is 5.40. The van der Waals surface area contributed by atoms with Crippen LogP contribution in [0.25, 0.3) is 0 Å². The summed E-state index contributed by atoms with van der Waals surface area (Å²) in [6, 6.07) is 9.57. The molecule has 1 saturated heterocycles. The van der Waals surface area contributed by atoms with Gasteiger partial charge in [0.1, 0.15) is 0 Å². The van der Waals surface area contributed by atoms with Crippen molar-refractivity contribution in [1.82, 2.24) is 5.32 Å². The van der Waals surface area contributed by atoms with E-state index in [-0.39, 0.29) is 0 Å². The van der Waals surface area contributed by atoms with Gasteiger partial charge < -0.3 is 5.32 Å². The predicted octanol–water partition coefficient (Wildman–Crippen LogP) is 2.63. The molecule has 2 aliphatic rings. The van der Waals surface area contributed by atoms with Crippen molar-refractivity contribution < 1.29 is 0 Å². The van der Waals surface area contributed by atoms with E-state index in [2.05, 4.69) is 43.4 Å². The van der Waals surface area contributed by atoms with E-state index < -0.39 is 0 Å². The molecular formula is C13H17N. The molecule has 1 aromatic carbocycles. The molecule has 2 unspecified atom stereocenters. The van der Waals surface area contributed by atoms with Gasteiger partial charge in [-0.15, -0.1) is 0 Å². The average Bonchev–Trinajstić information content (AvgIpc) is 2.12. The maximum absolute atomic E-state index is 3.54. The van der Waals surface area contributed by atoms with Crippen molar-refractivity contribution in [2.45, 2.75) is 31.7 Å². The van der Waals surface area contributed by atoms with Crippen molar-refractivity contribution in [2.24, 2.45) is 5.92 Å². The summed E-state index contributed by atoms with van der Waals surface area (Å²) < 4.78 is 0. The molecule has 1 aliphatic carbocycles. The Kier molecular flexibility index (Phi) is 1.58. The lowest BCUT2D eigenvalue weighted by atomic mass is 9.63. The van der Waals surface area contributed by atoms with Crippen LogP contribution in [-0.4, -0.2) is 6.54 Å². The average molecular weight is 187 g/mol. The van der Waals surface area contributed by atoms with Crippen LogP contribution in [-0.2, 0) is 5.41 Å². The Balaban J connectivity index is 2.15. The Morgan fingerprint density at radius 3 is 2.79 bits per heavy atom. The van der Waals surface area contributed by atoms with Crippen molar-refractivity contribution in [2.75, 3.05) is 6.54 Å². The van der Waals surface area contributed by atoms with Crippen LogP contribution in [0.4, 0.5) is 0 Å². The molecule has 74 valence electrons. The Morgan fingerprint density at radius 2 is 2.07 bits per heavy atom. The van der Waals surface area contributed by atoms with Gasteiger partial charge in [-0.1, -0.05) is 38.1 Å². The van der Waals surface area contributed by atoms with E-state index >= 15 is 0 Å². The Labute approximate surface area is 85.5 Å². The van der Waals surface area contributed by atoms with E-state index in [4.69, 9.17) is 0 Å². The van der Waals surface area contributed by atoms with E-state index in [0.717, 1.165) is 5.92 Å². The monoisotopic (exact) mass is 187 g/mol. The van der Waals surface area contributed by atoms with E-state index in [1.54, 1.807) is 11.1 Å². The summed E-state index contributed by atoms with van der Waals surface area (Å²) in [5.41, 5.74) is 3.47. The van der Waals surface area contributed by atoms with Crippen LogP contribution in [0.1, 0.15) is 37.4 Å². The molecule has 1 heterocycles. The standard InChI is InChI=1S/C13H17N/c1-13(2)7-9-8-14-12(9)10-5-3-4-6-11(10)13/h3-6,9,12,14H,7-8H2,1-2H3. The molecule has 1 aromatic rings. The normalized spacial score (nSPS) is 32.7. The predicted molar refractivity (Wildman–Crippen MR) is 58.3 cm³/mol. The van der Waals surface area contributed by atoms with Crippen LogP contribution in [0.3, 0.4) is 0 Å². The molecule has 0 amide bonds. The van der Waals surface area contributed by atoms with Crippen LogP contribution in [0.2, 0.25) is 0 Å². The minimum absolute atomic E-state index is 0.375. The number of rotatable bonds is 0. The first-order valence-electron chi connectivity index (χ1n) is 5.51. The van der Waals surface area contributed by atoms with Gasteiger partial charge in [0, 0.05) is 12.6 Å². The summed E-state index contributed by atoms with van der Waals surface area (Å²) in [5.74, 6) is 0.875. The molecular weight excluding hydrogens is 170 g/mol. The number of fused-ring (bicyclic) bond motifs is 3. The lowest BCUT2D eigenvalue weighted by molar-refractivity contribution is 0.162. The second-order valence-corrected chi connectivity index (χ2v) is 5.32. The molecule has 1 heteroatoms. The molecule has 0 aromatic heterocycles. The molecule has 2 atom stereocenters. The highest BCUT2D eigenvalue weighted by atomic mass is 15.0. The van der Waals surface area contributed by atoms with Crippen molar-refractivity contribution in [3.8, 4) is 0 Å². The van der Waals surface area contributed by atoms with Gasteiger partial charge in [-0.2, -0.15) is 0 Å². The topological polar surface area (TPSA) is 12.0 Å². The van der Waals surface area contributed by atoms with Gasteiger partial charge in [0.15, 0.2) is 0 Å². The number of nitrogens with one attached hydrogen (secondary N) is 1. The lowest BCUT2D eigenvalue weighted by Crippen LogP contribution is -2.51. The van der Waals surface area contributed by atoms with E-state index in [1.165, 1.54) is 13.0 Å². The van der Waals surface area contributed by atoms with Gasteiger partial charge in [0.05, 0.1) is 0 Å². The Hall–Kier alpha value is -0.820. The zero-order valence-electron chi connectivity index (χ0n) is 8.88. The highest BCUT2D eigenvalue weighted by Crippen LogP contribution is 2.47. The first-order valence-corrected chi connectivity index (χ1v) is 5.51. The summed E-state index contributed by atoms with van der Waals surface area (Å²) in [7, 11) is 0. The van der Waals surface area contributed by atoms with E-state index in [0.29, 0.717) is 11.5 Å². The van der Waals surface area contributed by atoms with Gasteiger partial charge in [-0.25, -0.2) is 0 Å². The van der Waals surface area contributed by atoms with Crippen LogP contribution in [0, 0.1) is 5.92 Å². The molecule has 1 fully saturated rings. The number of hydrogen-bond acceptors (Lipinski definition) is 1. The van der Waals surface area contributed by atoms with Crippen LogP contribution in [0.15, 0.2) is 24.3 Å². The molecule has 14 heavy (non-hydrogen) atoms. The first kappa shape index (κ1) is 8.49. The SMILES string of the molecule is CC1(C)CC2CNC2c2ccccc21. The van der Waals surface area contributed by atoms with Crippen molar-refractivity contribution in [3.05, 3.63) is 35.4 Å². The number of benzene rings is 1. The van der Waals surface area contributed by atoms with Crippen molar-refractivity contribution in [3.63, 3.8) is 0 Å². The number of hydrogen-bond donors (Lipinski definition) is 1. The third-order valence-electron chi connectivity index (χ3n) is 3.87. The van der Waals surface area contributed by atoms with Crippen LogP contribution in [0.5, 0.6) is 0 Å². The quantitative estimate of drug-likeness (QED) is 0.658. The fraction of sp³-hybridized carbons (Fsp3) is 0.538. The van der Waals surface area contributed by atoms with Gasteiger partial charge >= 0.3 is 0 Å². The van der Waals surface area contributed by atoms with E-state index in [1.807, 2.05) is 0 Å². The minimum atomic E-state index is 0.375. The highest BCUT2D eigenvalue weighted by Gasteiger charge is 2.43. The van der Waals surface area contributed by atoms with Crippen molar-refractivity contribution in [1.29, 1.82) is 0 Å². The second-order valence-electron chi connectivity index (χ2n) is 5.32. The molecule has 1 aliphatic heterocycles. The Morgan fingerprint density at radius 1 is 1.29 bits per heavy atom. The minimum Gasteiger partial charge on any atom is -0.309 e. The summed E-state index contributed by atoms with van der Waals surface area (Å²) in [6.07, 6.45) is 1.34. The molecule has 0 spiro atoms. The third-order valence-corrected chi connectivity index (χ3v) is 3.87. The third kappa shape index (κ3) is 0.992. The van der Waals surface area contributed by atoms with Gasteiger partial charge in [0.2, 0.25) is 0 Å². The smallest absolute Gasteiger partial charge is 0.0364 e. The molecule has 0 radical (unpaired) electrons. The zero-order valence-corrected chi connectivity index (χ0v) is 8.88. The molecule has 0 bridgehead atoms. The maximum Gasteiger partial charge on any atom is 0.0364 e. The zero-order chi connectivity index (χ0) is 9.76. The van der Waals surface area contributed by atoms with Crippen LogP contribution < -0.4 is 5.32 Å². The first-order chi connectivity index (χ1) is 6.68. The molecule has 3 rings (SSSR count). The summed E-state index contributed by atoms with van der Waals surface area (Å²) in [5, 5.41) is 3.54. The summed E-state index contributed by atoms with van der Waals surface area (Å²) >= 11 is 0. The van der Waals surface area contributed by atoms with Gasteiger partial charge in [0.25, 0.3) is 0 Å². The molecule has 1 nitrogen and oxygen atoms in total. The van der Waals surface area contributed by atoms with Crippen LogP contribution >= 0.6 is 0 Å². The Bertz CT molecular complexity index is 367. The summed E-state index contributed by atoms with van der Waals surface area (Å²) in [4.78, 5) is 0. The lowest BCUT2D eigenvalue weighted by Gasteiger charge is -2.49. The fourth-order valence-electron chi connectivity index (χ4n) is 3.11. The largest absolute Gasteiger partial charge is 0.309 e. The maximum atomic E-state index is 3.54. The summed E-state index contributed by atoms with van der Waals surface area (Å²) in [6.45, 7) is 5.96. The molecule has 0 saturated carbocycles. The van der Waals surface area contributed by atoms with Crippen molar-refractivity contribution >= 4 is 0 Å². The van der Waals surface area contributed by atoms with Gasteiger partial charge in [-0.3, -0.25) is 0 Å². The second kappa shape index (κ2) is 2.60.